The van der Waals surface area contributed by atoms with Gasteiger partial charge in [0.05, 0.1) is 16.9 Å². The molecular formula is C14H18N4O. The van der Waals surface area contributed by atoms with E-state index in [1.807, 2.05) is 12.1 Å². The predicted octanol–water partition coefficient (Wildman–Crippen LogP) is 1.61. The molecule has 4 N–H and O–H groups in total. The predicted molar refractivity (Wildman–Crippen MR) is 74.5 cm³/mol. The van der Waals surface area contributed by atoms with E-state index in [-0.39, 0.29) is 5.91 Å². The van der Waals surface area contributed by atoms with E-state index in [0.29, 0.717) is 30.3 Å². The summed E-state index contributed by atoms with van der Waals surface area (Å²) in [6, 6.07) is 7.77. The van der Waals surface area contributed by atoms with Crippen molar-refractivity contribution < 1.29 is 4.79 Å². The summed E-state index contributed by atoms with van der Waals surface area (Å²) >= 11 is 0. The van der Waals surface area contributed by atoms with E-state index >= 15 is 0 Å². The number of nitriles is 1. The average molecular weight is 258 g/mol. The molecule has 1 aromatic rings. The summed E-state index contributed by atoms with van der Waals surface area (Å²) in [5.41, 5.74) is 7.53. The number of nitrogens with zero attached hydrogens (tertiary/aromatic N) is 1. The maximum atomic E-state index is 11.5. The summed E-state index contributed by atoms with van der Waals surface area (Å²) < 4.78 is 0. The van der Waals surface area contributed by atoms with Crippen LogP contribution in [0.15, 0.2) is 18.2 Å². The highest BCUT2D eigenvalue weighted by Crippen LogP contribution is 2.22. The molecule has 0 saturated heterocycles. The third kappa shape index (κ3) is 3.88. The van der Waals surface area contributed by atoms with Crippen LogP contribution < -0.4 is 16.4 Å². The molecule has 0 radical (unpaired) electrons. The Labute approximate surface area is 112 Å². The largest absolute Gasteiger partial charge is 0.396 e. The molecule has 1 aliphatic rings. The van der Waals surface area contributed by atoms with Gasteiger partial charge in [0.1, 0.15) is 6.07 Å². The lowest BCUT2D eigenvalue weighted by Gasteiger charge is -2.10. The average Bonchev–Trinajstić information content (AvgIpc) is 3.20. The first-order valence-electron chi connectivity index (χ1n) is 6.52. The summed E-state index contributed by atoms with van der Waals surface area (Å²) in [5, 5.41) is 15.0. The Kier molecular flexibility index (Phi) is 4.24. The summed E-state index contributed by atoms with van der Waals surface area (Å²) in [5.74, 6) is 0.114. The van der Waals surface area contributed by atoms with Gasteiger partial charge in [-0.1, -0.05) is 6.07 Å². The fourth-order valence-corrected chi connectivity index (χ4v) is 1.82. The van der Waals surface area contributed by atoms with Crippen LogP contribution in [0, 0.1) is 11.3 Å². The van der Waals surface area contributed by atoms with Crippen molar-refractivity contribution in [3.63, 3.8) is 0 Å². The molecule has 1 aromatic carbocycles. The molecule has 0 atom stereocenters. The normalized spacial score (nSPS) is 13.6. The molecule has 1 fully saturated rings. The Hall–Kier alpha value is -2.22. The van der Waals surface area contributed by atoms with Gasteiger partial charge in [-0.25, -0.2) is 0 Å². The molecule has 100 valence electrons. The second-order valence-corrected chi connectivity index (χ2v) is 4.75. The van der Waals surface area contributed by atoms with Crippen molar-refractivity contribution in [1.82, 2.24) is 5.32 Å². The molecule has 2 rings (SSSR count). The van der Waals surface area contributed by atoms with Gasteiger partial charge >= 0.3 is 0 Å². The molecule has 1 aliphatic carbocycles. The number of carbonyl (C=O) groups excluding carboxylic acids is 1. The van der Waals surface area contributed by atoms with Gasteiger partial charge in [-0.15, -0.1) is 0 Å². The third-order valence-electron chi connectivity index (χ3n) is 3.07. The van der Waals surface area contributed by atoms with Crippen LogP contribution in [0.3, 0.4) is 0 Å². The Bertz CT molecular complexity index is 503. The highest BCUT2D eigenvalue weighted by molar-refractivity contribution is 5.76. The number of hydrogen-bond donors (Lipinski definition) is 3. The molecule has 0 spiro atoms. The number of nitrogens with one attached hydrogen (secondary N) is 2. The Morgan fingerprint density at radius 3 is 2.95 bits per heavy atom. The minimum atomic E-state index is 0.114. The van der Waals surface area contributed by atoms with Crippen molar-refractivity contribution >= 4 is 17.3 Å². The van der Waals surface area contributed by atoms with Crippen LogP contribution >= 0.6 is 0 Å². The Morgan fingerprint density at radius 2 is 2.26 bits per heavy atom. The highest BCUT2D eigenvalue weighted by Gasteiger charge is 2.22. The zero-order valence-electron chi connectivity index (χ0n) is 10.8. The summed E-state index contributed by atoms with van der Waals surface area (Å²) in [6.07, 6.45) is 3.49. The zero-order valence-corrected chi connectivity index (χ0v) is 10.8. The highest BCUT2D eigenvalue weighted by atomic mass is 16.1. The van der Waals surface area contributed by atoms with Gasteiger partial charge < -0.3 is 16.4 Å². The molecule has 1 saturated carbocycles. The van der Waals surface area contributed by atoms with Crippen LogP contribution in [0.5, 0.6) is 0 Å². The Balaban J connectivity index is 1.73. The van der Waals surface area contributed by atoms with Crippen LogP contribution in [-0.2, 0) is 4.79 Å². The maximum Gasteiger partial charge on any atom is 0.220 e. The number of nitrogens with two attached hydrogens (primary N) is 1. The van der Waals surface area contributed by atoms with Crippen molar-refractivity contribution in [2.45, 2.75) is 31.7 Å². The molecule has 5 heteroatoms. The molecular weight excluding hydrogens is 240 g/mol. The first-order valence-corrected chi connectivity index (χ1v) is 6.52. The number of anilines is 2. The van der Waals surface area contributed by atoms with Crippen LogP contribution in [-0.4, -0.2) is 18.5 Å². The van der Waals surface area contributed by atoms with Gasteiger partial charge in [0.25, 0.3) is 0 Å². The molecule has 0 heterocycles. The molecule has 1 amide bonds. The van der Waals surface area contributed by atoms with E-state index in [0.717, 1.165) is 24.9 Å². The lowest BCUT2D eigenvalue weighted by molar-refractivity contribution is -0.121. The monoisotopic (exact) mass is 258 g/mol. The second-order valence-electron chi connectivity index (χ2n) is 4.75. The number of nitrogen functional groups attached to an aromatic ring is 1. The van der Waals surface area contributed by atoms with Gasteiger partial charge in [-0.05, 0) is 31.4 Å². The molecule has 5 nitrogen and oxygen atoms in total. The number of benzene rings is 1. The number of para-hydroxylation sites is 1. The van der Waals surface area contributed by atoms with Crippen molar-refractivity contribution in [2.75, 3.05) is 17.6 Å². The van der Waals surface area contributed by atoms with Crippen LogP contribution in [0.1, 0.15) is 31.2 Å². The molecule has 0 aliphatic heterocycles. The molecule has 0 aromatic heterocycles. The van der Waals surface area contributed by atoms with Crippen molar-refractivity contribution in [3.8, 4) is 6.07 Å². The minimum Gasteiger partial charge on any atom is -0.396 e. The van der Waals surface area contributed by atoms with E-state index in [4.69, 9.17) is 11.0 Å². The van der Waals surface area contributed by atoms with Crippen molar-refractivity contribution in [2.24, 2.45) is 0 Å². The first-order chi connectivity index (χ1) is 9.20. The topological polar surface area (TPSA) is 90.9 Å². The lowest BCUT2D eigenvalue weighted by atomic mass is 10.1. The van der Waals surface area contributed by atoms with Gasteiger partial charge in [0.15, 0.2) is 0 Å². The van der Waals surface area contributed by atoms with Crippen molar-refractivity contribution in [3.05, 3.63) is 23.8 Å². The second kappa shape index (κ2) is 6.10. The molecule has 0 bridgehead atoms. The number of amides is 1. The number of hydrogen-bond acceptors (Lipinski definition) is 4. The van der Waals surface area contributed by atoms with E-state index in [1.165, 1.54) is 0 Å². The van der Waals surface area contributed by atoms with Gasteiger partial charge in [0.2, 0.25) is 5.91 Å². The van der Waals surface area contributed by atoms with Crippen molar-refractivity contribution in [1.29, 1.82) is 5.26 Å². The lowest BCUT2D eigenvalue weighted by Crippen LogP contribution is -2.25. The first kappa shape index (κ1) is 13.2. The van der Waals surface area contributed by atoms with E-state index < -0.39 is 0 Å². The molecule has 19 heavy (non-hydrogen) atoms. The van der Waals surface area contributed by atoms with E-state index in [2.05, 4.69) is 10.6 Å². The maximum absolute atomic E-state index is 11.5. The number of carbonyl (C=O) groups is 1. The smallest absolute Gasteiger partial charge is 0.220 e. The summed E-state index contributed by atoms with van der Waals surface area (Å²) in [6.45, 7) is 0.664. The third-order valence-corrected chi connectivity index (χ3v) is 3.07. The van der Waals surface area contributed by atoms with Crippen LogP contribution in [0.2, 0.25) is 0 Å². The fourth-order valence-electron chi connectivity index (χ4n) is 1.82. The number of rotatable bonds is 6. The van der Waals surface area contributed by atoms with E-state index in [1.54, 1.807) is 12.1 Å². The van der Waals surface area contributed by atoms with Gasteiger partial charge in [-0.2, -0.15) is 5.26 Å². The minimum absolute atomic E-state index is 0.114. The zero-order chi connectivity index (χ0) is 13.7. The SMILES string of the molecule is N#Cc1cccc(NCCCC(=O)NC2CC2)c1N. The van der Waals surface area contributed by atoms with Crippen LogP contribution in [0.4, 0.5) is 11.4 Å². The standard InChI is InChI=1S/C14H18N4O/c15-9-10-3-1-4-12(14(10)16)17-8-2-5-13(19)18-11-6-7-11/h1,3-4,11,17H,2,5-8,16H2,(H,18,19). The van der Waals surface area contributed by atoms with Gasteiger partial charge in [-0.3, -0.25) is 4.79 Å². The quantitative estimate of drug-likeness (QED) is 0.534. The fraction of sp³-hybridized carbons (Fsp3) is 0.429. The van der Waals surface area contributed by atoms with Crippen LogP contribution in [0.25, 0.3) is 0 Å². The van der Waals surface area contributed by atoms with Gasteiger partial charge in [0, 0.05) is 19.0 Å². The summed E-state index contributed by atoms with van der Waals surface area (Å²) in [7, 11) is 0. The molecule has 0 unspecified atom stereocenters. The van der Waals surface area contributed by atoms with E-state index in [9.17, 15) is 4.79 Å². The Morgan fingerprint density at radius 1 is 1.47 bits per heavy atom. The summed E-state index contributed by atoms with van der Waals surface area (Å²) in [4.78, 5) is 11.5.